The largest absolute Gasteiger partial charge is 0.478 e. The lowest BCUT2D eigenvalue weighted by Crippen LogP contribution is -2.31. The van der Waals surface area contributed by atoms with E-state index in [0.717, 1.165) is 31.5 Å². The van der Waals surface area contributed by atoms with Crippen molar-refractivity contribution in [1.29, 1.82) is 0 Å². The number of aromatic nitrogens is 1. The molecule has 1 saturated carbocycles. The van der Waals surface area contributed by atoms with Crippen LogP contribution in [0.3, 0.4) is 0 Å². The number of carboxylic acid groups (broad SMARTS) is 1. The van der Waals surface area contributed by atoms with Gasteiger partial charge in [0.2, 0.25) is 0 Å². The highest BCUT2D eigenvalue weighted by molar-refractivity contribution is 6.33. The van der Waals surface area contributed by atoms with Gasteiger partial charge < -0.3 is 15.3 Å². The van der Waals surface area contributed by atoms with E-state index < -0.39 is 5.97 Å². The van der Waals surface area contributed by atoms with Crippen molar-refractivity contribution in [2.24, 2.45) is 5.92 Å². The maximum absolute atomic E-state index is 10.6. The van der Waals surface area contributed by atoms with Gasteiger partial charge in [-0.25, -0.2) is 9.78 Å². The molecular formula is C19H26ClN3O2. The topological polar surface area (TPSA) is 65.5 Å². The van der Waals surface area contributed by atoms with E-state index in [4.69, 9.17) is 16.7 Å². The summed E-state index contributed by atoms with van der Waals surface area (Å²) in [6.07, 6.45) is 12.3. The molecule has 1 aromatic rings. The molecule has 2 aliphatic rings. The second-order valence-corrected chi connectivity index (χ2v) is 7.57. The zero-order chi connectivity index (χ0) is 17.6. The summed E-state index contributed by atoms with van der Waals surface area (Å²) in [7, 11) is 0. The lowest BCUT2D eigenvalue weighted by Gasteiger charge is -2.26. The summed E-state index contributed by atoms with van der Waals surface area (Å²) in [5, 5.41) is 12.6. The molecule has 0 amide bonds. The second kappa shape index (κ2) is 8.68. The smallest absolute Gasteiger partial charge is 0.328 e. The van der Waals surface area contributed by atoms with Crippen LogP contribution in [0.15, 0.2) is 18.3 Å². The number of nitrogens with one attached hydrogen (secondary N) is 1. The fraction of sp³-hybridized carbons (Fsp3) is 0.579. The SMILES string of the molecule is O=C(O)C=Cc1cnc(N[C@@H]2CCN(CC3CCCCC3)C2)c(Cl)c1. The van der Waals surface area contributed by atoms with Crippen LogP contribution in [-0.2, 0) is 4.79 Å². The van der Waals surface area contributed by atoms with Crippen molar-refractivity contribution in [3.8, 4) is 0 Å². The molecule has 0 radical (unpaired) electrons. The van der Waals surface area contributed by atoms with Gasteiger partial charge in [-0.05, 0) is 42.9 Å². The van der Waals surface area contributed by atoms with Crippen LogP contribution in [0.1, 0.15) is 44.1 Å². The van der Waals surface area contributed by atoms with Crippen LogP contribution in [0.2, 0.25) is 5.02 Å². The first-order valence-corrected chi connectivity index (χ1v) is 9.53. The maximum atomic E-state index is 10.6. The van der Waals surface area contributed by atoms with Crippen LogP contribution in [0, 0.1) is 5.92 Å². The Kier molecular flexibility index (Phi) is 6.32. The second-order valence-electron chi connectivity index (χ2n) is 7.16. The van der Waals surface area contributed by atoms with Crippen molar-refractivity contribution in [2.45, 2.75) is 44.6 Å². The Morgan fingerprint density at radius 1 is 1.36 bits per heavy atom. The Balaban J connectivity index is 1.51. The number of anilines is 1. The van der Waals surface area contributed by atoms with Crippen molar-refractivity contribution >= 4 is 29.5 Å². The van der Waals surface area contributed by atoms with Gasteiger partial charge in [-0.1, -0.05) is 30.9 Å². The molecule has 6 heteroatoms. The molecule has 1 aliphatic heterocycles. The molecule has 1 saturated heterocycles. The Morgan fingerprint density at radius 2 is 2.16 bits per heavy atom. The third kappa shape index (κ3) is 5.44. The number of pyridine rings is 1. The van der Waals surface area contributed by atoms with E-state index in [1.807, 2.05) is 0 Å². The molecule has 0 unspecified atom stereocenters. The Bertz CT molecular complexity index is 629. The van der Waals surface area contributed by atoms with Gasteiger partial charge in [0.1, 0.15) is 5.82 Å². The molecule has 2 N–H and O–H groups in total. The number of carbonyl (C=O) groups is 1. The van der Waals surface area contributed by atoms with Gasteiger partial charge in [0.15, 0.2) is 0 Å². The van der Waals surface area contributed by atoms with Crippen molar-refractivity contribution < 1.29 is 9.90 Å². The van der Waals surface area contributed by atoms with Gasteiger partial charge in [0.05, 0.1) is 5.02 Å². The first-order chi connectivity index (χ1) is 12.1. The highest BCUT2D eigenvalue weighted by atomic mass is 35.5. The van der Waals surface area contributed by atoms with Gasteiger partial charge in [0, 0.05) is 37.9 Å². The van der Waals surface area contributed by atoms with Gasteiger partial charge in [-0.2, -0.15) is 0 Å². The molecule has 5 nitrogen and oxygen atoms in total. The summed E-state index contributed by atoms with van der Waals surface area (Å²) in [6.45, 7) is 3.39. The molecule has 0 aromatic carbocycles. The minimum Gasteiger partial charge on any atom is -0.478 e. The number of carboxylic acids is 1. The van der Waals surface area contributed by atoms with E-state index in [0.29, 0.717) is 22.4 Å². The summed E-state index contributed by atoms with van der Waals surface area (Å²) < 4.78 is 0. The highest BCUT2D eigenvalue weighted by Gasteiger charge is 2.26. The quantitative estimate of drug-likeness (QED) is 0.750. The fourth-order valence-corrected chi connectivity index (χ4v) is 4.09. The number of hydrogen-bond acceptors (Lipinski definition) is 4. The van der Waals surface area contributed by atoms with Gasteiger partial charge >= 0.3 is 5.97 Å². The Labute approximate surface area is 154 Å². The summed E-state index contributed by atoms with van der Waals surface area (Å²) in [6, 6.07) is 2.11. The average molecular weight is 364 g/mol. The van der Waals surface area contributed by atoms with Crippen LogP contribution >= 0.6 is 11.6 Å². The first kappa shape index (κ1) is 18.2. The van der Waals surface area contributed by atoms with E-state index in [1.54, 1.807) is 12.3 Å². The molecule has 2 heterocycles. The molecule has 25 heavy (non-hydrogen) atoms. The van der Waals surface area contributed by atoms with Gasteiger partial charge in [-0.3, -0.25) is 0 Å². The van der Waals surface area contributed by atoms with Crippen LogP contribution in [0.4, 0.5) is 5.82 Å². The van der Waals surface area contributed by atoms with Gasteiger partial charge in [0.25, 0.3) is 0 Å². The molecule has 1 atom stereocenters. The van der Waals surface area contributed by atoms with Crippen LogP contribution in [0.5, 0.6) is 0 Å². The first-order valence-electron chi connectivity index (χ1n) is 9.15. The third-order valence-electron chi connectivity index (χ3n) is 5.14. The number of likely N-dealkylation sites (tertiary alicyclic amines) is 1. The average Bonchev–Trinajstić information content (AvgIpc) is 3.03. The van der Waals surface area contributed by atoms with E-state index in [2.05, 4.69) is 15.2 Å². The number of halogens is 1. The molecule has 0 bridgehead atoms. The molecular weight excluding hydrogens is 338 g/mol. The monoisotopic (exact) mass is 363 g/mol. The number of rotatable bonds is 6. The zero-order valence-corrected chi connectivity index (χ0v) is 15.2. The molecule has 1 aromatic heterocycles. The highest BCUT2D eigenvalue weighted by Crippen LogP contribution is 2.27. The van der Waals surface area contributed by atoms with Crippen LogP contribution in [-0.4, -0.2) is 46.6 Å². The predicted molar refractivity (Wildman–Crippen MR) is 101 cm³/mol. The van der Waals surface area contributed by atoms with Crippen LogP contribution < -0.4 is 5.32 Å². The van der Waals surface area contributed by atoms with Crippen molar-refractivity contribution in [3.05, 3.63) is 28.9 Å². The fourth-order valence-electron chi connectivity index (χ4n) is 3.86. The van der Waals surface area contributed by atoms with E-state index in [1.165, 1.54) is 44.7 Å². The zero-order valence-electron chi connectivity index (χ0n) is 14.5. The lowest BCUT2D eigenvalue weighted by atomic mass is 9.89. The summed E-state index contributed by atoms with van der Waals surface area (Å²) in [4.78, 5) is 17.5. The minimum atomic E-state index is -0.984. The Hall–Kier alpha value is -1.59. The van der Waals surface area contributed by atoms with Crippen molar-refractivity contribution in [1.82, 2.24) is 9.88 Å². The number of nitrogens with zero attached hydrogens (tertiary/aromatic N) is 2. The Morgan fingerprint density at radius 3 is 2.88 bits per heavy atom. The summed E-state index contributed by atoms with van der Waals surface area (Å²) >= 11 is 6.30. The summed E-state index contributed by atoms with van der Waals surface area (Å²) in [5.74, 6) is 0.565. The predicted octanol–water partition coefficient (Wildman–Crippen LogP) is 3.90. The lowest BCUT2D eigenvalue weighted by molar-refractivity contribution is -0.131. The molecule has 3 rings (SSSR count). The number of hydrogen-bond donors (Lipinski definition) is 2. The van der Waals surface area contributed by atoms with E-state index in [9.17, 15) is 4.79 Å². The number of aliphatic carboxylic acids is 1. The van der Waals surface area contributed by atoms with E-state index >= 15 is 0 Å². The van der Waals surface area contributed by atoms with E-state index in [-0.39, 0.29) is 0 Å². The van der Waals surface area contributed by atoms with Crippen molar-refractivity contribution in [2.75, 3.05) is 25.0 Å². The maximum Gasteiger partial charge on any atom is 0.328 e. The molecule has 136 valence electrons. The molecule has 2 fully saturated rings. The molecule has 0 spiro atoms. The van der Waals surface area contributed by atoms with Gasteiger partial charge in [-0.15, -0.1) is 0 Å². The normalized spacial score (nSPS) is 22.5. The summed E-state index contributed by atoms with van der Waals surface area (Å²) in [5.41, 5.74) is 0.684. The molecule has 1 aliphatic carbocycles. The van der Waals surface area contributed by atoms with Crippen LogP contribution in [0.25, 0.3) is 6.08 Å². The minimum absolute atomic E-state index is 0.369. The standard InChI is InChI=1S/C19H26ClN3O2/c20-17-10-15(6-7-18(24)25)11-21-19(17)22-16-8-9-23(13-16)12-14-4-2-1-3-5-14/h6-7,10-11,14,16H,1-5,8-9,12-13H2,(H,21,22)(H,24,25)/t16-/m1/s1. The van der Waals surface area contributed by atoms with Crippen molar-refractivity contribution in [3.63, 3.8) is 0 Å². The third-order valence-corrected chi connectivity index (χ3v) is 5.42.